The highest BCUT2D eigenvalue weighted by molar-refractivity contribution is 5.95. The minimum atomic E-state index is -1.17. The number of nitrogens with one attached hydrogen (secondary N) is 5. The first-order chi connectivity index (χ1) is 31.4. The number of nitrogens with zero attached hydrogens (tertiary/aromatic N) is 2. The Morgan fingerprint density at radius 1 is 0.612 bits per heavy atom. The number of likely N-dealkylation sites (tertiary alicyclic amines) is 2. The number of amides is 7. The highest BCUT2D eigenvalue weighted by Crippen LogP contribution is 2.41. The van der Waals surface area contributed by atoms with Crippen molar-refractivity contribution in [3.63, 3.8) is 0 Å². The summed E-state index contributed by atoms with van der Waals surface area (Å²) >= 11 is 0. The summed E-state index contributed by atoms with van der Waals surface area (Å²) in [6.45, 7) is 18.4. The van der Waals surface area contributed by atoms with Crippen LogP contribution in [0.1, 0.15) is 112 Å². The molecule has 0 aromatic heterocycles. The number of piperidine rings is 1. The van der Waals surface area contributed by atoms with Gasteiger partial charge in [-0.1, -0.05) is 74.5 Å². The van der Waals surface area contributed by atoms with Crippen molar-refractivity contribution in [3.05, 3.63) is 71.8 Å². The van der Waals surface area contributed by atoms with E-state index in [1.54, 1.807) is 58.3 Å². The Morgan fingerprint density at radius 2 is 1.07 bits per heavy atom. The topological polar surface area (TPSA) is 231 Å². The predicted octanol–water partition coefficient (Wildman–Crippen LogP) is 4.36. The summed E-state index contributed by atoms with van der Waals surface area (Å²) in [6, 6.07) is 13.4. The van der Waals surface area contributed by atoms with E-state index in [1.807, 2.05) is 74.5 Å². The van der Waals surface area contributed by atoms with E-state index in [0.29, 0.717) is 45.6 Å². The molecule has 17 nitrogen and oxygen atoms in total. The lowest BCUT2D eigenvalue weighted by Gasteiger charge is -2.54. The van der Waals surface area contributed by atoms with Crippen molar-refractivity contribution in [3.8, 4) is 0 Å². The number of carbonyl (C=O) groups is 7. The van der Waals surface area contributed by atoms with Crippen LogP contribution in [0.5, 0.6) is 0 Å². The van der Waals surface area contributed by atoms with Gasteiger partial charge in [-0.25, -0.2) is 9.59 Å². The molecule has 17 heteroatoms. The van der Waals surface area contributed by atoms with Crippen molar-refractivity contribution in [1.82, 2.24) is 36.4 Å². The van der Waals surface area contributed by atoms with Crippen LogP contribution in [-0.2, 0) is 46.3 Å². The van der Waals surface area contributed by atoms with Gasteiger partial charge in [0.05, 0.1) is 6.04 Å². The lowest BCUT2D eigenvalue weighted by molar-refractivity contribution is -0.153. The largest absolute Gasteiger partial charge is 0.444 e. The number of hydrogen-bond acceptors (Lipinski definition) is 10. The van der Waals surface area contributed by atoms with Crippen molar-refractivity contribution in [2.75, 3.05) is 32.7 Å². The molecule has 2 aromatic carbocycles. The van der Waals surface area contributed by atoms with Crippen molar-refractivity contribution in [2.24, 2.45) is 17.1 Å². The zero-order valence-corrected chi connectivity index (χ0v) is 41.1. The third kappa shape index (κ3) is 18.1. The van der Waals surface area contributed by atoms with Gasteiger partial charge in [0.1, 0.15) is 35.4 Å². The first kappa shape index (κ1) is 53.9. The normalized spacial score (nSPS) is 16.9. The molecule has 2 fully saturated rings. The maximum atomic E-state index is 14.4. The summed E-state index contributed by atoms with van der Waals surface area (Å²) in [7, 11) is 0. The molecule has 2 heterocycles. The number of hydrogen-bond donors (Lipinski definition) is 6. The number of unbranched alkanes of at least 4 members (excludes halogenated alkanes) is 1. The molecule has 2 saturated heterocycles. The molecular formula is C50H76N8O9. The fourth-order valence-corrected chi connectivity index (χ4v) is 8.27. The Balaban J connectivity index is 1.52. The number of nitrogens with two attached hydrogens (primary N) is 1. The summed E-state index contributed by atoms with van der Waals surface area (Å²) in [5.41, 5.74) is 5.75. The number of benzene rings is 2. The molecule has 2 aliphatic heterocycles. The monoisotopic (exact) mass is 933 g/mol. The third-order valence-electron chi connectivity index (χ3n) is 11.6. The quantitative estimate of drug-likeness (QED) is 0.103. The van der Waals surface area contributed by atoms with Gasteiger partial charge < -0.3 is 51.6 Å². The smallest absolute Gasteiger partial charge is 0.408 e. The number of ether oxygens (including phenoxy) is 2. The highest BCUT2D eigenvalue weighted by atomic mass is 16.6. The molecule has 4 rings (SSSR count). The van der Waals surface area contributed by atoms with E-state index < -0.39 is 71.3 Å². The summed E-state index contributed by atoms with van der Waals surface area (Å²) in [6.07, 6.45) is 1.79. The number of alkyl carbamates (subject to hydrolysis) is 2. The second kappa shape index (κ2) is 24.4. The van der Waals surface area contributed by atoms with Crippen LogP contribution in [-0.4, -0.2) is 126 Å². The maximum absolute atomic E-state index is 14.4. The molecule has 0 bridgehead atoms. The van der Waals surface area contributed by atoms with E-state index in [1.165, 1.54) is 0 Å². The molecule has 0 unspecified atom stereocenters. The maximum Gasteiger partial charge on any atom is 0.408 e. The number of carbonyl (C=O) groups excluding carboxylic acids is 7. The van der Waals surface area contributed by atoms with Crippen LogP contribution in [0.2, 0.25) is 0 Å². The summed E-state index contributed by atoms with van der Waals surface area (Å²) < 4.78 is 10.8. The Labute approximate surface area is 396 Å². The molecule has 0 radical (unpaired) electrons. The molecule has 2 aromatic rings. The Morgan fingerprint density at radius 3 is 1.57 bits per heavy atom. The average Bonchev–Trinajstić information content (AvgIpc) is 3.23. The van der Waals surface area contributed by atoms with Crippen LogP contribution in [0.4, 0.5) is 9.59 Å². The van der Waals surface area contributed by atoms with Gasteiger partial charge in [0.2, 0.25) is 29.5 Å². The van der Waals surface area contributed by atoms with E-state index >= 15 is 0 Å². The zero-order chi connectivity index (χ0) is 49.5. The standard InChI is InChI=1S/C50H76N8O9/c1-33(2)28-38(54-42(60)39(29-35-18-12-10-13-19-35)55-43(61)40(30-36-20-14-11-15-21-36)56-47(65)67-49(7,8)9)41(59)53-37(22-16-17-25-52-46(64)66-48(4,5)6)45(63)58-31-50(32-58)23-26-57(27-24-50)44(62)34(3)51/h10-15,18-21,33-34,37-40H,16-17,22-32,51H2,1-9H3,(H,52,64)(H,53,59)(H,54,60)(H,55,61)(H,56,65)/t34-,37-,38-,39-,40-/m1/s1. The zero-order valence-electron chi connectivity index (χ0n) is 41.1. The van der Waals surface area contributed by atoms with Gasteiger partial charge in [0.15, 0.2) is 0 Å². The molecular weight excluding hydrogens is 857 g/mol. The first-order valence-corrected chi connectivity index (χ1v) is 23.7. The van der Waals surface area contributed by atoms with Crippen LogP contribution in [0.3, 0.4) is 0 Å². The molecule has 1 spiro atoms. The van der Waals surface area contributed by atoms with Crippen LogP contribution in [0, 0.1) is 11.3 Å². The fraction of sp³-hybridized carbons (Fsp3) is 0.620. The van der Waals surface area contributed by atoms with Crippen molar-refractivity contribution >= 4 is 41.7 Å². The molecule has 2 aliphatic rings. The van der Waals surface area contributed by atoms with E-state index in [-0.39, 0.29) is 48.8 Å². The minimum Gasteiger partial charge on any atom is -0.444 e. The molecule has 67 heavy (non-hydrogen) atoms. The first-order valence-electron chi connectivity index (χ1n) is 23.7. The van der Waals surface area contributed by atoms with Gasteiger partial charge in [-0.15, -0.1) is 0 Å². The second-order valence-electron chi connectivity index (χ2n) is 20.6. The number of rotatable bonds is 20. The van der Waals surface area contributed by atoms with Gasteiger partial charge in [-0.05, 0) is 104 Å². The molecule has 370 valence electrons. The minimum absolute atomic E-state index is 0.0603. The third-order valence-corrected chi connectivity index (χ3v) is 11.6. The van der Waals surface area contributed by atoms with E-state index in [0.717, 1.165) is 24.0 Å². The highest BCUT2D eigenvalue weighted by Gasteiger charge is 2.48. The Kier molecular flexibility index (Phi) is 19.6. The van der Waals surface area contributed by atoms with Crippen molar-refractivity contribution in [2.45, 2.75) is 155 Å². The average molecular weight is 933 g/mol. The molecule has 5 atom stereocenters. The van der Waals surface area contributed by atoms with E-state index in [4.69, 9.17) is 15.2 Å². The second-order valence-corrected chi connectivity index (χ2v) is 20.6. The molecule has 0 aliphatic carbocycles. The van der Waals surface area contributed by atoms with E-state index in [9.17, 15) is 33.6 Å². The lowest BCUT2D eigenvalue weighted by Crippen LogP contribution is -2.66. The van der Waals surface area contributed by atoms with E-state index in [2.05, 4.69) is 26.6 Å². The fourth-order valence-electron chi connectivity index (χ4n) is 8.27. The lowest BCUT2D eigenvalue weighted by atomic mass is 9.71. The van der Waals surface area contributed by atoms with Crippen molar-refractivity contribution < 1.29 is 43.0 Å². The summed E-state index contributed by atoms with van der Waals surface area (Å²) in [5, 5.41) is 14.2. The Hall–Kier alpha value is -5.71. The summed E-state index contributed by atoms with van der Waals surface area (Å²) in [5.74, 6) is -2.20. The van der Waals surface area contributed by atoms with Gasteiger partial charge >= 0.3 is 12.2 Å². The molecule has 7 N–H and O–H groups in total. The SMILES string of the molecule is CC(C)C[C@@H](NC(=O)[C@@H](Cc1ccccc1)NC(=O)[C@@H](Cc1ccccc1)NC(=O)OC(C)(C)C)C(=O)N[C@H](CCCCNC(=O)OC(C)(C)C)C(=O)N1CC2(CCN(C(=O)[C@@H](C)N)CC2)C1. The summed E-state index contributed by atoms with van der Waals surface area (Å²) in [4.78, 5) is 98.6. The van der Waals surface area contributed by atoms with Crippen LogP contribution in [0.25, 0.3) is 0 Å². The van der Waals surface area contributed by atoms with Crippen LogP contribution in [0.15, 0.2) is 60.7 Å². The van der Waals surface area contributed by atoms with Gasteiger partial charge in [0.25, 0.3) is 0 Å². The predicted molar refractivity (Wildman–Crippen MR) is 255 cm³/mol. The van der Waals surface area contributed by atoms with Gasteiger partial charge in [-0.2, -0.15) is 0 Å². The van der Waals surface area contributed by atoms with Crippen LogP contribution < -0.4 is 32.3 Å². The van der Waals surface area contributed by atoms with Crippen molar-refractivity contribution in [1.29, 1.82) is 0 Å². The van der Waals surface area contributed by atoms with Gasteiger partial charge in [0, 0.05) is 51.0 Å². The van der Waals surface area contributed by atoms with Gasteiger partial charge in [-0.3, -0.25) is 24.0 Å². The molecule has 0 saturated carbocycles. The van der Waals surface area contributed by atoms with Crippen LogP contribution >= 0.6 is 0 Å². The molecule has 7 amide bonds. The Bertz CT molecular complexity index is 1970.